The number of aldehydes is 1. The average Bonchev–Trinajstić information content (AvgIpc) is 2.35. The summed E-state index contributed by atoms with van der Waals surface area (Å²) >= 11 is 0. The molecule has 1 rings (SSSR count). The Balaban J connectivity index is 2.59. The van der Waals surface area contributed by atoms with Crippen molar-refractivity contribution in [3.63, 3.8) is 0 Å². The van der Waals surface area contributed by atoms with Crippen LogP contribution in [0, 0.1) is 0 Å². The Morgan fingerprint density at radius 1 is 1.28 bits per heavy atom. The first-order valence-electron chi connectivity index (χ1n) is 5.65. The second-order valence-electron chi connectivity index (χ2n) is 3.44. The second-order valence-corrected chi connectivity index (χ2v) is 3.44. The predicted molar refractivity (Wildman–Crippen MR) is 65.1 cm³/mol. The van der Waals surface area contributed by atoms with Gasteiger partial charge in [0.05, 0.1) is 12.2 Å². The van der Waals surface area contributed by atoms with E-state index in [0.29, 0.717) is 30.0 Å². The van der Waals surface area contributed by atoms with Crippen molar-refractivity contribution in [2.45, 2.75) is 13.8 Å². The van der Waals surface area contributed by atoms with Crippen LogP contribution in [-0.2, 0) is 9.53 Å². The Morgan fingerprint density at radius 2 is 2.06 bits per heavy atom. The molecule has 0 atom stereocenters. The molecule has 0 bridgehead atoms. The lowest BCUT2D eigenvalue weighted by Gasteiger charge is -2.10. The fourth-order valence-corrected chi connectivity index (χ4v) is 1.34. The first-order chi connectivity index (χ1) is 8.67. The van der Waals surface area contributed by atoms with Crippen molar-refractivity contribution < 1.29 is 23.8 Å². The summed E-state index contributed by atoms with van der Waals surface area (Å²) in [6, 6.07) is 4.98. The van der Waals surface area contributed by atoms with Gasteiger partial charge in [0.2, 0.25) is 0 Å². The molecule has 0 radical (unpaired) electrons. The molecule has 5 nitrogen and oxygen atoms in total. The molecule has 0 aromatic heterocycles. The van der Waals surface area contributed by atoms with Crippen LogP contribution in [0.1, 0.15) is 24.2 Å². The van der Waals surface area contributed by atoms with Crippen molar-refractivity contribution >= 4 is 12.3 Å². The fraction of sp³-hybridized carbons (Fsp3) is 0.385. The van der Waals surface area contributed by atoms with Crippen LogP contribution in [0.25, 0.3) is 0 Å². The number of carbonyl (C=O) groups excluding carboxylic acids is 2. The van der Waals surface area contributed by atoms with Gasteiger partial charge in [0, 0.05) is 6.92 Å². The Labute approximate surface area is 106 Å². The van der Waals surface area contributed by atoms with Gasteiger partial charge in [0.1, 0.15) is 24.7 Å². The molecule has 0 saturated carbocycles. The zero-order chi connectivity index (χ0) is 13.4. The van der Waals surface area contributed by atoms with Crippen LogP contribution in [0.2, 0.25) is 0 Å². The molecule has 0 unspecified atom stereocenters. The van der Waals surface area contributed by atoms with Crippen molar-refractivity contribution in [2.24, 2.45) is 0 Å². The lowest BCUT2D eigenvalue weighted by atomic mass is 10.2. The predicted octanol–water partition coefficient (Wildman–Crippen LogP) is 1.84. The van der Waals surface area contributed by atoms with Crippen LogP contribution in [0.3, 0.4) is 0 Å². The minimum Gasteiger partial charge on any atom is -0.494 e. The van der Waals surface area contributed by atoms with Gasteiger partial charge < -0.3 is 14.2 Å². The number of rotatable bonds is 7. The monoisotopic (exact) mass is 252 g/mol. The van der Waals surface area contributed by atoms with Crippen LogP contribution < -0.4 is 9.47 Å². The second kappa shape index (κ2) is 7.32. The van der Waals surface area contributed by atoms with Crippen molar-refractivity contribution in [2.75, 3.05) is 19.8 Å². The van der Waals surface area contributed by atoms with Gasteiger partial charge in [-0.25, -0.2) is 0 Å². The summed E-state index contributed by atoms with van der Waals surface area (Å²) in [5.74, 6) is 0.702. The molecule has 0 fully saturated rings. The molecule has 1 aromatic carbocycles. The topological polar surface area (TPSA) is 61.8 Å². The molecule has 0 aliphatic heterocycles. The number of hydrogen-bond acceptors (Lipinski definition) is 5. The van der Waals surface area contributed by atoms with Gasteiger partial charge in [-0.3, -0.25) is 9.59 Å². The highest BCUT2D eigenvalue weighted by atomic mass is 16.6. The third-order valence-corrected chi connectivity index (χ3v) is 2.07. The molecule has 18 heavy (non-hydrogen) atoms. The zero-order valence-corrected chi connectivity index (χ0v) is 10.5. The number of ether oxygens (including phenoxy) is 3. The molecule has 98 valence electrons. The maximum absolute atomic E-state index is 10.9. The van der Waals surface area contributed by atoms with Gasteiger partial charge in [0.25, 0.3) is 0 Å². The first-order valence-corrected chi connectivity index (χ1v) is 5.65. The van der Waals surface area contributed by atoms with Crippen molar-refractivity contribution in [3.05, 3.63) is 23.8 Å². The van der Waals surface area contributed by atoms with Crippen LogP contribution >= 0.6 is 0 Å². The van der Waals surface area contributed by atoms with Crippen molar-refractivity contribution in [1.82, 2.24) is 0 Å². The van der Waals surface area contributed by atoms with Crippen molar-refractivity contribution in [3.8, 4) is 11.5 Å². The Morgan fingerprint density at radius 3 is 2.67 bits per heavy atom. The van der Waals surface area contributed by atoms with Crippen LogP contribution in [-0.4, -0.2) is 32.1 Å². The van der Waals surface area contributed by atoms with Crippen LogP contribution in [0.15, 0.2) is 18.2 Å². The maximum Gasteiger partial charge on any atom is 0.302 e. The summed E-state index contributed by atoms with van der Waals surface area (Å²) in [5.41, 5.74) is 0.406. The quantitative estimate of drug-likeness (QED) is 0.421. The lowest BCUT2D eigenvalue weighted by molar-refractivity contribution is -0.141. The Kier molecular flexibility index (Phi) is 5.70. The van der Waals surface area contributed by atoms with E-state index in [-0.39, 0.29) is 19.2 Å². The van der Waals surface area contributed by atoms with E-state index in [0.717, 1.165) is 0 Å². The van der Waals surface area contributed by atoms with Crippen LogP contribution in [0.5, 0.6) is 11.5 Å². The Bertz CT molecular complexity index is 414. The molecule has 0 aliphatic rings. The number of esters is 1. The Hall–Kier alpha value is -2.04. The van der Waals surface area contributed by atoms with Crippen LogP contribution in [0.4, 0.5) is 0 Å². The SMILES string of the molecule is CCOc1ccc(OCCOC(C)=O)c(C=O)c1. The summed E-state index contributed by atoms with van der Waals surface area (Å²) in [4.78, 5) is 21.4. The number of benzene rings is 1. The zero-order valence-electron chi connectivity index (χ0n) is 10.5. The summed E-state index contributed by atoms with van der Waals surface area (Å²) in [6.45, 7) is 4.08. The van der Waals surface area contributed by atoms with E-state index in [1.54, 1.807) is 18.2 Å². The van der Waals surface area contributed by atoms with E-state index >= 15 is 0 Å². The van der Waals surface area contributed by atoms with Crippen molar-refractivity contribution in [1.29, 1.82) is 0 Å². The average molecular weight is 252 g/mol. The molecular formula is C13H16O5. The standard InChI is InChI=1S/C13H16O5/c1-3-16-12-4-5-13(11(8-12)9-14)18-7-6-17-10(2)15/h4-5,8-9H,3,6-7H2,1-2H3. The molecule has 0 saturated heterocycles. The molecule has 0 N–H and O–H groups in total. The minimum absolute atomic E-state index is 0.154. The highest BCUT2D eigenvalue weighted by molar-refractivity contribution is 5.80. The molecule has 5 heteroatoms. The first kappa shape index (κ1) is 14.0. The smallest absolute Gasteiger partial charge is 0.302 e. The largest absolute Gasteiger partial charge is 0.494 e. The highest BCUT2D eigenvalue weighted by Crippen LogP contribution is 2.22. The molecule has 1 aromatic rings. The summed E-state index contributed by atoms with van der Waals surface area (Å²) in [6.07, 6.45) is 0.698. The number of hydrogen-bond donors (Lipinski definition) is 0. The summed E-state index contributed by atoms with van der Waals surface area (Å²) in [7, 11) is 0. The van der Waals surface area contributed by atoms with Gasteiger partial charge in [-0.05, 0) is 25.1 Å². The summed E-state index contributed by atoms with van der Waals surface area (Å²) < 4.78 is 15.3. The van der Waals surface area contributed by atoms with E-state index in [4.69, 9.17) is 14.2 Å². The minimum atomic E-state index is -0.360. The van der Waals surface area contributed by atoms with E-state index < -0.39 is 0 Å². The number of carbonyl (C=O) groups is 2. The fourth-order valence-electron chi connectivity index (χ4n) is 1.34. The molecular weight excluding hydrogens is 236 g/mol. The van der Waals surface area contributed by atoms with Gasteiger partial charge in [-0.1, -0.05) is 0 Å². The molecule has 0 spiro atoms. The van der Waals surface area contributed by atoms with E-state index in [1.165, 1.54) is 6.92 Å². The maximum atomic E-state index is 10.9. The third-order valence-electron chi connectivity index (χ3n) is 2.07. The molecule has 0 heterocycles. The third kappa shape index (κ3) is 4.45. The molecule has 0 amide bonds. The van der Waals surface area contributed by atoms with Gasteiger partial charge in [-0.15, -0.1) is 0 Å². The van der Waals surface area contributed by atoms with Gasteiger partial charge >= 0.3 is 5.97 Å². The van der Waals surface area contributed by atoms with E-state index in [1.807, 2.05) is 6.92 Å². The highest BCUT2D eigenvalue weighted by Gasteiger charge is 2.05. The van der Waals surface area contributed by atoms with Gasteiger partial charge in [-0.2, -0.15) is 0 Å². The summed E-state index contributed by atoms with van der Waals surface area (Å²) in [5, 5.41) is 0. The van der Waals surface area contributed by atoms with Gasteiger partial charge in [0.15, 0.2) is 6.29 Å². The van der Waals surface area contributed by atoms with E-state index in [2.05, 4.69) is 0 Å². The lowest BCUT2D eigenvalue weighted by Crippen LogP contribution is -2.10. The normalized spacial score (nSPS) is 9.67. The van der Waals surface area contributed by atoms with E-state index in [9.17, 15) is 9.59 Å². The molecule has 0 aliphatic carbocycles.